The number of nitrogens with zero attached hydrogens (tertiary/aromatic N) is 2. The zero-order valence-corrected chi connectivity index (χ0v) is 11.4. The van der Waals surface area contributed by atoms with Crippen molar-refractivity contribution in [2.75, 3.05) is 25.1 Å². The number of rotatable bonds is 4. The number of imidazole rings is 1. The lowest BCUT2D eigenvalue weighted by Crippen LogP contribution is -2.39. The number of aryl methyl sites for hydroxylation is 1. The van der Waals surface area contributed by atoms with E-state index in [-0.39, 0.29) is 5.41 Å². The lowest BCUT2D eigenvalue weighted by atomic mass is 9.78. The summed E-state index contributed by atoms with van der Waals surface area (Å²) in [6.45, 7) is 5.26. The number of aromatic nitrogens is 2. The highest BCUT2D eigenvalue weighted by atomic mass is 32.2. The number of hydrogen-bond acceptors (Lipinski definition) is 3. The van der Waals surface area contributed by atoms with E-state index in [2.05, 4.69) is 21.8 Å². The van der Waals surface area contributed by atoms with Gasteiger partial charge in [0.25, 0.3) is 0 Å². The lowest BCUT2D eigenvalue weighted by Gasteiger charge is -2.34. The molecule has 1 aliphatic rings. The summed E-state index contributed by atoms with van der Waals surface area (Å²) in [6, 6.07) is 0. The minimum Gasteiger partial charge on any atom is -0.333 e. The smallest absolute Gasteiger partial charge is 0.0948 e. The molecule has 17 heavy (non-hydrogen) atoms. The Hall–Kier alpha value is -0.680. The minimum absolute atomic E-state index is 0.219. The summed E-state index contributed by atoms with van der Waals surface area (Å²) in [7, 11) is -0.738. The van der Waals surface area contributed by atoms with E-state index in [9.17, 15) is 4.21 Å². The van der Waals surface area contributed by atoms with Gasteiger partial charge in [0, 0.05) is 46.7 Å². The summed E-state index contributed by atoms with van der Waals surface area (Å²) < 4.78 is 13.3. The van der Waals surface area contributed by atoms with Crippen LogP contribution in [-0.2, 0) is 22.8 Å². The van der Waals surface area contributed by atoms with E-state index in [0.29, 0.717) is 5.75 Å². The maximum atomic E-state index is 11.2. The van der Waals surface area contributed by atoms with Gasteiger partial charge in [-0.05, 0) is 25.9 Å². The van der Waals surface area contributed by atoms with Gasteiger partial charge >= 0.3 is 0 Å². The summed E-state index contributed by atoms with van der Waals surface area (Å²) in [5.74, 6) is 0.706. The van der Waals surface area contributed by atoms with Crippen molar-refractivity contribution in [1.82, 2.24) is 14.9 Å². The fourth-order valence-electron chi connectivity index (χ4n) is 2.46. The van der Waals surface area contributed by atoms with Crippen LogP contribution in [0.15, 0.2) is 12.5 Å². The highest BCUT2D eigenvalue weighted by Crippen LogP contribution is 2.32. The molecule has 0 saturated carbocycles. The van der Waals surface area contributed by atoms with E-state index in [0.717, 1.165) is 32.5 Å². The van der Waals surface area contributed by atoms with Gasteiger partial charge in [-0.2, -0.15) is 0 Å². The predicted octanol–water partition coefficient (Wildman–Crippen LogP) is 0.903. The van der Waals surface area contributed by atoms with E-state index < -0.39 is 10.8 Å². The molecule has 0 radical (unpaired) electrons. The Morgan fingerprint density at radius 3 is 2.88 bits per heavy atom. The molecule has 96 valence electrons. The number of hydrogen-bond donors (Lipinski definition) is 1. The molecule has 4 nitrogen and oxygen atoms in total. The summed E-state index contributed by atoms with van der Waals surface area (Å²) in [4.78, 5) is 4.26. The van der Waals surface area contributed by atoms with Crippen LogP contribution < -0.4 is 5.32 Å². The van der Waals surface area contributed by atoms with Crippen LogP contribution in [0.4, 0.5) is 0 Å². The maximum absolute atomic E-state index is 11.2. The van der Waals surface area contributed by atoms with Crippen molar-refractivity contribution < 1.29 is 4.21 Å². The zero-order chi connectivity index (χ0) is 12.3. The molecule has 2 rings (SSSR count). The monoisotopic (exact) mass is 255 g/mol. The second-order valence-corrected chi connectivity index (χ2v) is 6.61. The van der Waals surface area contributed by atoms with Crippen molar-refractivity contribution in [1.29, 1.82) is 0 Å². The second kappa shape index (κ2) is 5.31. The first kappa shape index (κ1) is 12.8. The Bertz CT molecular complexity index is 396. The molecule has 0 aromatic carbocycles. The largest absolute Gasteiger partial charge is 0.333 e. The molecule has 1 unspecified atom stereocenters. The van der Waals surface area contributed by atoms with Gasteiger partial charge in [-0.3, -0.25) is 4.21 Å². The Morgan fingerprint density at radius 1 is 1.53 bits per heavy atom. The van der Waals surface area contributed by atoms with Crippen molar-refractivity contribution >= 4 is 10.8 Å². The van der Waals surface area contributed by atoms with Gasteiger partial charge in [-0.1, -0.05) is 6.92 Å². The van der Waals surface area contributed by atoms with Crippen LogP contribution in [-0.4, -0.2) is 38.9 Å². The molecule has 1 fully saturated rings. The zero-order valence-electron chi connectivity index (χ0n) is 10.6. The molecular weight excluding hydrogens is 234 g/mol. The first-order chi connectivity index (χ1) is 8.12. The molecule has 0 amide bonds. The van der Waals surface area contributed by atoms with Crippen molar-refractivity contribution in [2.45, 2.75) is 31.7 Å². The van der Waals surface area contributed by atoms with Gasteiger partial charge in [0.1, 0.15) is 0 Å². The van der Waals surface area contributed by atoms with Gasteiger partial charge in [0.05, 0.1) is 6.33 Å². The second-order valence-electron chi connectivity index (χ2n) is 5.06. The summed E-state index contributed by atoms with van der Waals surface area (Å²) in [5, 5.41) is 3.39. The first-order valence-corrected chi connectivity index (χ1v) is 7.86. The first-order valence-electron chi connectivity index (χ1n) is 6.13. The Morgan fingerprint density at radius 2 is 2.24 bits per heavy atom. The van der Waals surface area contributed by atoms with Gasteiger partial charge in [0.2, 0.25) is 0 Å². The Balaban J connectivity index is 2.14. The standard InChI is InChI=1S/C12H21N3OS/c1-12(3-5-13-6-4-12)11-9-14-10-15(11)7-8-17(2)16/h9-10,13H,3-8H2,1-2H3. The van der Waals surface area contributed by atoms with Crippen molar-refractivity contribution in [3.63, 3.8) is 0 Å². The average molecular weight is 255 g/mol. The third-order valence-electron chi connectivity index (χ3n) is 3.66. The third-order valence-corrected chi connectivity index (χ3v) is 4.41. The topological polar surface area (TPSA) is 46.9 Å². The molecular formula is C12H21N3OS. The van der Waals surface area contributed by atoms with Crippen molar-refractivity contribution in [3.8, 4) is 0 Å². The molecule has 1 aliphatic heterocycles. The van der Waals surface area contributed by atoms with Crippen LogP contribution in [0.3, 0.4) is 0 Å². The van der Waals surface area contributed by atoms with Crippen LogP contribution in [0, 0.1) is 0 Å². The predicted molar refractivity (Wildman–Crippen MR) is 70.6 cm³/mol. The van der Waals surface area contributed by atoms with Crippen LogP contribution in [0.1, 0.15) is 25.5 Å². The quantitative estimate of drug-likeness (QED) is 0.869. The van der Waals surface area contributed by atoms with Gasteiger partial charge in [0.15, 0.2) is 0 Å². The molecule has 1 aromatic rings. The van der Waals surface area contributed by atoms with E-state index in [1.807, 2.05) is 12.5 Å². The molecule has 5 heteroatoms. The van der Waals surface area contributed by atoms with E-state index in [1.54, 1.807) is 6.26 Å². The fourth-order valence-corrected chi connectivity index (χ4v) is 2.92. The van der Waals surface area contributed by atoms with Crippen LogP contribution in [0.25, 0.3) is 0 Å². The molecule has 1 aromatic heterocycles. The highest BCUT2D eigenvalue weighted by Gasteiger charge is 2.31. The van der Waals surface area contributed by atoms with Gasteiger partial charge in [-0.25, -0.2) is 4.98 Å². The molecule has 1 N–H and O–H groups in total. The lowest BCUT2D eigenvalue weighted by molar-refractivity contribution is 0.318. The van der Waals surface area contributed by atoms with Crippen LogP contribution in [0.5, 0.6) is 0 Å². The third kappa shape index (κ3) is 2.96. The summed E-state index contributed by atoms with van der Waals surface area (Å²) in [6.07, 6.45) is 7.89. The average Bonchev–Trinajstić information content (AvgIpc) is 2.76. The maximum Gasteiger partial charge on any atom is 0.0948 e. The number of nitrogens with one attached hydrogen (secondary N) is 1. The molecule has 1 atom stereocenters. The summed E-state index contributed by atoms with van der Waals surface area (Å²) >= 11 is 0. The highest BCUT2D eigenvalue weighted by molar-refractivity contribution is 7.84. The normalized spacial score (nSPS) is 21.3. The van der Waals surface area contributed by atoms with Crippen LogP contribution in [0.2, 0.25) is 0 Å². The van der Waals surface area contributed by atoms with E-state index in [1.165, 1.54) is 5.69 Å². The molecule has 0 spiro atoms. The van der Waals surface area contributed by atoms with E-state index in [4.69, 9.17) is 0 Å². The Labute approximate surface area is 105 Å². The number of piperidine rings is 1. The van der Waals surface area contributed by atoms with Crippen molar-refractivity contribution in [2.24, 2.45) is 0 Å². The fraction of sp³-hybridized carbons (Fsp3) is 0.750. The van der Waals surface area contributed by atoms with Gasteiger partial charge in [-0.15, -0.1) is 0 Å². The molecule has 0 aliphatic carbocycles. The SMILES string of the molecule is CS(=O)CCn1cncc1C1(C)CCNCC1. The summed E-state index contributed by atoms with van der Waals surface area (Å²) in [5.41, 5.74) is 1.52. The van der Waals surface area contributed by atoms with Crippen LogP contribution >= 0.6 is 0 Å². The van der Waals surface area contributed by atoms with Gasteiger partial charge < -0.3 is 9.88 Å². The minimum atomic E-state index is -0.738. The van der Waals surface area contributed by atoms with E-state index >= 15 is 0 Å². The molecule has 0 bridgehead atoms. The molecule has 2 heterocycles. The molecule has 1 saturated heterocycles. The Kier molecular flexibility index (Phi) is 3.99. The van der Waals surface area contributed by atoms with Crippen molar-refractivity contribution in [3.05, 3.63) is 18.2 Å².